The highest BCUT2D eigenvalue weighted by Gasteiger charge is 2.17. The first-order valence-corrected chi connectivity index (χ1v) is 5.72. The number of aryl methyl sites for hydroxylation is 1. The average molecular weight is 235 g/mol. The largest absolute Gasteiger partial charge is 0.465 e. The van der Waals surface area contributed by atoms with Crippen LogP contribution in [0, 0.1) is 6.92 Å². The van der Waals surface area contributed by atoms with E-state index in [1.807, 2.05) is 25.1 Å². The standard InChI is InChI=1S/C13H17NO3/c1-9-7-10(12-8-17-6-5-14-12)3-4-11(9)13(15)16-2/h3-4,7,12,14H,5-6,8H2,1-2H3. The zero-order chi connectivity index (χ0) is 12.3. The summed E-state index contributed by atoms with van der Waals surface area (Å²) in [5.41, 5.74) is 2.70. The normalized spacial score (nSPS) is 20.0. The smallest absolute Gasteiger partial charge is 0.338 e. The highest BCUT2D eigenvalue weighted by atomic mass is 16.5. The van der Waals surface area contributed by atoms with Crippen molar-refractivity contribution in [2.24, 2.45) is 0 Å². The Morgan fingerprint density at radius 1 is 1.53 bits per heavy atom. The van der Waals surface area contributed by atoms with Gasteiger partial charge in [-0.1, -0.05) is 12.1 Å². The fraction of sp³-hybridized carbons (Fsp3) is 0.462. The van der Waals surface area contributed by atoms with Crippen LogP contribution in [-0.4, -0.2) is 32.8 Å². The molecule has 4 heteroatoms. The van der Waals surface area contributed by atoms with Crippen molar-refractivity contribution in [2.45, 2.75) is 13.0 Å². The van der Waals surface area contributed by atoms with E-state index in [2.05, 4.69) is 5.32 Å². The molecule has 0 bridgehead atoms. The second-order valence-corrected chi connectivity index (χ2v) is 4.15. The van der Waals surface area contributed by atoms with Gasteiger partial charge in [0.05, 0.1) is 31.9 Å². The number of carbonyl (C=O) groups is 1. The van der Waals surface area contributed by atoms with Crippen molar-refractivity contribution >= 4 is 5.97 Å². The highest BCUT2D eigenvalue weighted by molar-refractivity contribution is 5.91. The number of hydrogen-bond acceptors (Lipinski definition) is 4. The predicted molar refractivity (Wildman–Crippen MR) is 64.1 cm³/mol. The zero-order valence-electron chi connectivity index (χ0n) is 10.2. The van der Waals surface area contributed by atoms with E-state index in [0.29, 0.717) is 12.2 Å². The topological polar surface area (TPSA) is 47.6 Å². The maximum absolute atomic E-state index is 11.5. The molecule has 1 aromatic carbocycles. The van der Waals surface area contributed by atoms with Crippen LogP contribution in [0.3, 0.4) is 0 Å². The summed E-state index contributed by atoms with van der Waals surface area (Å²) in [4.78, 5) is 11.5. The molecule has 1 atom stereocenters. The molecule has 1 saturated heterocycles. The minimum Gasteiger partial charge on any atom is -0.465 e. The van der Waals surface area contributed by atoms with E-state index in [4.69, 9.17) is 9.47 Å². The van der Waals surface area contributed by atoms with E-state index < -0.39 is 0 Å². The summed E-state index contributed by atoms with van der Waals surface area (Å²) in [5, 5.41) is 3.38. The summed E-state index contributed by atoms with van der Waals surface area (Å²) in [5.74, 6) is -0.290. The second kappa shape index (κ2) is 5.29. The summed E-state index contributed by atoms with van der Waals surface area (Å²) in [6, 6.07) is 5.99. The molecule has 0 amide bonds. The van der Waals surface area contributed by atoms with Crippen LogP contribution in [0.25, 0.3) is 0 Å². The van der Waals surface area contributed by atoms with Crippen LogP contribution in [0.5, 0.6) is 0 Å². The molecule has 2 rings (SSSR count). The van der Waals surface area contributed by atoms with Crippen molar-refractivity contribution in [2.75, 3.05) is 26.9 Å². The van der Waals surface area contributed by atoms with Gasteiger partial charge in [0, 0.05) is 6.54 Å². The lowest BCUT2D eigenvalue weighted by Crippen LogP contribution is -2.34. The fourth-order valence-electron chi connectivity index (χ4n) is 2.02. The maximum Gasteiger partial charge on any atom is 0.338 e. The third-order valence-electron chi connectivity index (χ3n) is 2.98. The Morgan fingerprint density at radius 2 is 2.35 bits per heavy atom. The molecule has 1 aliphatic rings. The first-order chi connectivity index (χ1) is 8.22. The molecule has 1 aliphatic heterocycles. The van der Waals surface area contributed by atoms with E-state index in [1.54, 1.807) is 0 Å². The van der Waals surface area contributed by atoms with Gasteiger partial charge in [0.25, 0.3) is 0 Å². The molecule has 4 nitrogen and oxygen atoms in total. The van der Waals surface area contributed by atoms with Crippen LogP contribution in [0.15, 0.2) is 18.2 Å². The molecule has 1 unspecified atom stereocenters. The van der Waals surface area contributed by atoms with E-state index in [1.165, 1.54) is 7.11 Å². The minimum atomic E-state index is -0.290. The molecule has 1 heterocycles. The first kappa shape index (κ1) is 12.1. The van der Waals surface area contributed by atoms with Crippen LogP contribution in [0.4, 0.5) is 0 Å². The van der Waals surface area contributed by atoms with Crippen LogP contribution < -0.4 is 5.32 Å². The van der Waals surface area contributed by atoms with E-state index in [9.17, 15) is 4.79 Å². The molecule has 1 fully saturated rings. The van der Waals surface area contributed by atoms with Crippen LogP contribution in [-0.2, 0) is 9.47 Å². The molecule has 0 radical (unpaired) electrons. The third-order valence-corrected chi connectivity index (χ3v) is 2.98. The quantitative estimate of drug-likeness (QED) is 0.788. The summed E-state index contributed by atoms with van der Waals surface area (Å²) in [7, 11) is 1.40. The summed E-state index contributed by atoms with van der Waals surface area (Å²) >= 11 is 0. The van der Waals surface area contributed by atoms with Gasteiger partial charge in [-0.3, -0.25) is 0 Å². The average Bonchev–Trinajstić information content (AvgIpc) is 2.39. The lowest BCUT2D eigenvalue weighted by atomic mass is 10.0. The Labute approximate surface area is 101 Å². The van der Waals surface area contributed by atoms with Crippen molar-refractivity contribution in [1.29, 1.82) is 0 Å². The predicted octanol–water partition coefficient (Wildman–Crippen LogP) is 1.44. The number of ether oxygens (including phenoxy) is 2. The molecule has 92 valence electrons. The zero-order valence-corrected chi connectivity index (χ0v) is 10.2. The van der Waals surface area contributed by atoms with Gasteiger partial charge in [0.2, 0.25) is 0 Å². The fourth-order valence-corrected chi connectivity index (χ4v) is 2.02. The lowest BCUT2D eigenvalue weighted by molar-refractivity contribution is 0.0599. The second-order valence-electron chi connectivity index (χ2n) is 4.15. The molecule has 0 saturated carbocycles. The molecule has 0 aromatic heterocycles. The van der Waals surface area contributed by atoms with Gasteiger partial charge in [0.1, 0.15) is 0 Å². The van der Waals surface area contributed by atoms with Crippen molar-refractivity contribution in [3.8, 4) is 0 Å². The first-order valence-electron chi connectivity index (χ1n) is 5.72. The van der Waals surface area contributed by atoms with Crippen LogP contribution >= 0.6 is 0 Å². The number of methoxy groups -OCH3 is 1. The number of esters is 1. The van der Waals surface area contributed by atoms with Gasteiger partial charge in [-0.2, -0.15) is 0 Å². The van der Waals surface area contributed by atoms with Gasteiger partial charge in [0.15, 0.2) is 0 Å². The van der Waals surface area contributed by atoms with Gasteiger partial charge >= 0.3 is 5.97 Å². The maximum atomic E-state index is 11.5. The molecular formula is C13H17NO3. The Hall–Kier alpha value is -1.39. The highest BCUT2D eigenvalue weighted by Crippen LogP contribution is 2.19. The van der Waals surface area contributed by atoms with Crippen molar-refractivity contribution < 1.29 is 14.3 Å². The Balaban J connectivity index is 2.20. The van der Waals surface area contributed by atoms with Gasteiger partial charge in [-0.25, -0.2) is 4.79 Å². The van der Waals surface area contributed by atoms with Crippen molar-refractivity contribution in [1.82, 2.24) is 5.32 Å². The lowest BCUT2D eigenvalue weighted by Gasteiger charge is -2.24. The van der Waals surface area contributed by atoms with Gasteiger partial charge in [-0.15, -0.1) is 0 Å². The molecule has 1 N–H and O–H groups in total. The molecule has 0 aliphatic carbocycles. The third kappa shape index (κ3) is 2.65. The summed E-state index contributed by atoms with van der Waals surface area (Å²) in [6.45, 7) is 4.22. The number of hydrogen-bond donors (Lipinski definition) is 1. The number of benzene rings is 1. The van der Waals surface area contributed by atoms with Crippen LogP contribution in [0.2, 0.25) is 0 Å². The van der Waals surface area contributed by atoms with Gasteiger partial charge in [-0.05, 0) is 24.1 Å². The van der Waals surface area contributed by atoms with Crippen LogP contribution in [0.1, 0.15) is 27.5 Å². The molecule has 17 heavy (non-hydrogen) atoms. The number of carbonyl (C=O) groups excluding carboxylic acids is 1. The molecule has 1 aromatic rings. The SMILES string of the molecule is COC(=O)c1ccc(C2COCCN2)cc1C. The molecular weight excluding hydrogens is 218 g/mol. The van der Waals surface area contributed by atoms with E-state index in [-0.39, 0.29) is 12.0 Å². The summed E-state index contributed by atoms with van der Waals surface area (Å²) < 4.78 is 10.1. The minimum absolute atomic E-state index is 0.217. The summed E-state index contributed by atoms with van der Waals surface area (Å²) in [6.07, 6.45) is 0. The molecule has 0 spiro atoms. The number of rotatable bonds is 2. The Kier molecular flexibility index (Phi) is 3.76. The number of morpholine rings is 1. The Morgan fingerprint density at radius 3 is 2.94 bits per heavy atom. The van der Waals surface area contributed by atoms with E-state index in [0.717, 1.165) is 24.3 Å². The number of nitrogens with one attached hydrogen (secondary N) is 1. The monoisotopic (exact) mass is 235 g/mol. The van der Waals surface area contributed by atoms with Crippen molar-refractivity contribution in [3.63, 3.8) is 0 Å². The van der Waals surface area contributed by atoms with E-state index >= 15 is 0 Å². The Bertz CT molecular complexity index is 411. The van der Waals surface area contributed by atoms with Gasteiger partial charge < -0.3 is 14.8 Å². The van der Waals surface area contributed by atoms with Crippen molar-refractivity contribution in [3.05, 3.63) is 34.9 Å².